The van der Waals surface area contributed by atoms with Gasteiger partial charge in [-0.05, 0) is 6.08 Å². The van der Waals surface area contributed by atoms with Crippen LogP contribution in [-0.4, -0.2) is 42.1 Å². The Bertz CT molecular complexity index is 191. The number of rotatable bonds is 1. The number of aliphatic hydroxyl groups excluding tert-OH is 2. The van der Waals surface area contributed by atoms with Gasteiger partial charge in [0.15, 0.2) is 0 Å². The van der Waals surface area contributed by atoms with Gasteiger partial charge in [0.2, 0.25) is 0 Å². The van der Waals surface area contributed by atoms with Gasteiger partial charge in [0.1, 0.15) is 12.1 Å². The summed E-state index contributed by atoms with van der Waals surface area (Å²) < 4.78 is 0. The predicted octanol–water partition coefficient (Wildman–Crippen LogP) is -2.06. The van der Waals surface area contributed by atoms with Crippen LogP contribution in [0.15, 0.2) is 11.6 Å². The number of quaternary nitrogens is 1. The summed E-state index contributed by atoms with van der Waals surface area (Å²) in [6, 6.07) is 0.208. The molecule has 62 valence electrons. The van der Waals surface area contributed by atoms with Crippen LogP contribution >= 0.6 is 0 Å². The Balaban J connectivity index is 2.15. The van der Waals surface area contributed by atoms with Gasteiger partial charge in [-0.25, -0.2) is 0 Å². The molecule has 0 bridgehead atoms. The molecular formula is C8H14NO2+. The van der Waals surface area contributed by atoms with Gasteiger partial charge in [-0.15, -0.1) is 0 Å². The van der Waals surface area contributed by atoms with E-state index >= 15 is 0 Å². The average molecular weight is 156 g/mol. The molecule has 3 nitrogen and oxygen atoms in total. The van der Waals surface area contributed by atoms with E-state index < -0.39 is 0 Å². The van der Waals surface area contributed by atoms with E-state index in [0.29, 0.717) is 0 Å². The molecule has 1 saturated heterocycles. The SMILES string of the molecule is OCC1=CC[NH+]2CC[C@H](O)[C@H]12. The first kappa shape index (κ1) is 7.28. The van der Waals surface area contributed by atoms with Crippen LogP contribution in [0.1, 0.15) is 6.42 Å². The van der Waals surface area contributed by atoms with Crippen molar-refractivity contribution in [1.82, 2.24) is 0 Å². The number of fused-ring (bicyclic) bond motifs is 1. The van der Waals surface area contributed by atoms with Crippen LogP contribution in [0.4, 0.5) is 0 Å². The molecule has 1 fully saturated rings. The quantitative estimate of drug-likeness (QED) is 0.382. The largest absolute Gasteiger partial charge is 0.392 e. The van der Waals surface area contributed by atoms with Crippen LogP contribution in [0.3, 0.4) is 0 Å². The van der Waals surface area contributed by atoms with Crippen molar-refractivity contribution in [3.05, 3.63) is 11.6 Å². The molecule has 2 heterocycles. The summed E-state index contributed by atoms with van der Waals surface area (Å²) in [7, 11) is 0. The van der Waals surface area contributed by atoms with E-state index in [0.717, 1.165) is 25.1 Å². The summed E-state index contributed by atoms with van der Waals surface area (Å²) in [6.45, 7) is 2.15. The van der Waals surface area contributed by atoms with E-state index in [2.05, 4.69) is 6.08 Å². The van der Waals surface area contributed by atoms with E-state index in [-0.39, 0.29) is 18.8 Å². The van der Waals surface area contributed by atoms with Crippen LogP contribution in [0, 0.1) is 0 Å². The van der Waals surface area contributed by atoms with E-state index in [9.17, 15) is 5.11 Å². The van der Waals surface area contributed by atoms with Crippen molar-refractivity contribution in [1.29, 1.82) is 0 Å². The lowest BCUT2D eigenvalue weighted by atomic mass is 10.1. The van der Waals surface area contributed by atoms with Crippen molar-refractivity contribution in [2.45, 2.75) is 18.6 Å². The van der Waals surface area contributed by atoms with Crippen LogP contribution in [0.2, 0.25) is 0 Å². The molecule has 0 radical (unpaired) electrons. The highest BCUT2D eigenvalue weighted by Gasteiger charge is 2.41. The molecule has 0 aromatic rings. The molecule has 0 aromatic carbocycles. The summed E-state index contributed by atoms with van der Waals surface area (Å²) in [5.41, 5.74) is 1.03. The predicted molar refractivity (Wildman–Crippen MR) is 40.3 cm³/mol. The van der Waals surface area contributed by atoms with Crippen molar-refractivity contribution in [3.63, 3.8) is 0 Å². The minimum Gasteiger partial charge on any atom is -0.392 e. The van der Waals surface area contributed by atoms with Crippen molar-refractivity contribution in [2.24, 2.45) is 0 Å². The maximum atomic E-state index is 9.53. The van der Waals surface area contributed by atoms with Crippen molar-refractivity contribution < 1.29 is 15.1 Å². The molecule has 3 heteroatoms. The van der Waals surface area contributed by atoms with Gasteiger partial charge >= 0.3 is 0 Å². The van der Waals surface area contributed by atoms with Crippen LogP contribution in [0.25, 0.3) is 0 Å². The summed E-state index contributed by atoms with van der Waals surface area (Å²) in [5.74, 6) is 0. The monoisotopic (exact) mass is 156 g/mol. The third kappa shape index (κ3) is 1.00. The number of nitrogens with one attached hydrogen (secondary N) is 1. The second kappa shape index (κ2) is 2.59. The number of aliphatic hydroxyl groups is 2. The maximum absolute atomic E-state index is 9.53. The first-order chi connectivity index (χ1) is 5.33. The van der Waals surface area contributed by atoms with Gasteiger partial charge in [-0.2, -0.15) is 0 Å². The second-order valence-electron chi connectivity index (χ2n) is 3.38. The minimum atomic E-state index is -0.217. The highest BCUT2D eigenvalue weighted by molar-refractivity contribution is 5.15. The molecular weight excluding hydrogens is 142 g/mol. The Morgan fingerprint density at radius 3 is 3.18 bits per heavy atom. The molecule has 0 aliphatic carbocycles. The second-order valence-corrected chi connectivity index (χ2v) is 3.38. The van der Waals surface area contributed by atoms with Gasteiger partial charge < -0.3 is 15.1 Å². The third-order valence-corrected chi connectivity index (χ3v) is 2.79. The fourth-order valence-electron chi connectivity index (χ4n) is 2.22. The summed E-state index contributed by atoms with van der Waals surface area (Å²) >= 11 is 0. The minimum absolute atomic E-state index is 0.116. The standard InChI is InChI=1S/C8H13NO2/c10-5-6-1-3-9-4-2-7(11)8(6)9/h1,7-8,10-11H,2-5H2/p+1/t7-,8-/m0/s1. The van der Waals surface area contributed by atoms with E-state index in [4.69, 9.17) is 5.11 Å². The molecule has 0 amide bonds. The molecule has 3 N–H and O–H groups in total. The Hall–Kier alpha value is -0.380. The molecule has 2 rings (SSSR count). The molecule has 2 aliphatic rings. The summed E-state index contributed by atoms with van der Waals surface area (Å²) in [4.78, 5) is 1.42. The lowest BCUT2D eigenvalue weighted by Gasteiger charge is -2.16. The topological polar surface area (TPSA) is 44.9 Å². The zero-order valence-corrected chi connectivity index (χ0v) is 6.45. The lowest BCUT2D eigenvalue weighted by molar-refractivity contribution is -0.897. The molecule has 0 aromatic heterocycles. The Kier molecular flexibility index (Phi) is 1.71. The first-order valence-corrected chi connectivity index (χ1v) is 4.15. The fourth-order valence-corrected chi connectivity index (χ4v) is 2.22. The molecule has 0 saturated carbocycles. The maximum Gasteiger partial charge on any atom is 0.138 e. The highest BCUT2D eigenvalue weighted by Crippen LogP contribution is 2.14. The van der Waals surface area contributed by atoms with Gasteiger partial charge in [0.05, 0.1) is 19.7 Å². The molecule has 11 heavy (non-hydrogen) atoms. The van der Waals surface area contributed by atoms with E-state index in [1.165, 1.54) is 4.90 Å². The molecule has 2 aliphatic heterocycles. The normalized spacial score (nSPS) is 42.4. The van der Waals surface area contributed by atoms with Gasteiger partial charge in [0.25, 0.3) is 0 Å². The Morgan fingerprint density at radius 2 is 2.45 bits per heavy atom. The van der Waals surface area contributed by atoms with Gasteiger partial charge in [-0.3, -0.25) is 0 Å². The molecule has 0 spiro atoms. The van der Waals surface area contributed by atoms with Crippen molar-refractivity contribution >= 4 is 0 Å². The van der Waals surface area contributed by atoms with E-state index in [1.807, 2.05) is 0 Å². The Labute approximate surface area is 65.9 Å². The van der Waals surface area contributed by atoms with Crippen LogP contribution < -0.4 is 4.90 Å². The Morgan fingerprint density at radius 1 is 1.64 bits per heavy atom. The first-order valence-electron chi connectivity index (χ1n) is 4.15. The summed E-state index contributed by atoms with van der Waals surface area (Å²) in [6.07, 6.45) is 2.73. The summed E-state index contributed by atoms with van der Waals surface area (Å²) in [5, 5.41) is 18.5. The van der Waals surface area contributed by atoms with Gasteiger partial charge in [-0.1, -0.05) is 0 Å². The lowest BCUT2D eigenvalue weighted by Crippen LogP contribution is -3.12. The average Bonchev–Trinajstić information content (AvgIpc) is 2.54. The highest BCUT2D eigenvalue weighted by atomic mass is 16.3. The van der Waals surface area contributed by atoms with Crippen LogP contribution in [-0.2, 0) is 0 Å². The van der Waals surface area contributed by atoms with Crippen LogP contribution in [0.5, 0.6) is 0 Å². The molecule has 3 atom stereocenters. The number of hydrogen-bond donors (Lipinski definition) is 3. The number of hydrogen-bond acceptors (Lipinski definition) is 2. The van der Waals surface area contributed by atoms with Crippen molar-refractivity contribution in [3.8, 4) is 0 Å². The fraction of sp³-hybridized carbons (Fsp3) is 0.750. The van der Waals surface area contributed by atoms with Crippen molar-refractivity contribution in [2.75, 3.05) is 19.7 Å². The van der Waals surface area contributed by atoms with E-state index in [1.54, 1.807) is 0 Å². The molecule has 1 unspecified atom stereocenters. The zero-order chi connectivity index (χ0) is 7.84. The zero-order valence-electron chi connectivity index (χ0n) is 6.45. The third-order valence-electron chi connectivity index (χ3n) is 2.79. The van der Waals surface area contributed by atoms with Gasteiger partial charge in [0, 0.05) is 12.0 Å². The smallest absolute Gasteiger partial charge is 0.138 e.